The molecule has 0 saturated heterocycles. The van der Waals surface area contributed by atoms with E-state index in [4.69, 9.17) is 15.0 Å². The van der Waals surface area contributed by atoms with Crippen LogP contribution in [0.5, 0.6) is 0 Å². The molecule has 0 atom stereocenters. The largest absolute Gasteiger partial charge is 0.309 e. The Balaban J connectivity index is 0.940. The number of para-hydroxylation sites is 7. The van der Waals surface area contributed by atoms with Gasteiger partial charge in [-0.05, 0) is 84.9 Å². The summed E-state index contributed by atoms with van der Waals surface area (Å²) in [7, 11) is 0. The first kappa shape index (κ1) is 41.9. The molecule has 0 spiro atoms. The van der Waals surface area contributed by atoms with E-state index >= 15 is 0 Å². The zero-order chi connectivity index (χ0) is 50.3. The van der Waals surface area contributed by atoms with E-state index < -0.39 is 0 Å². The van der Waals surface area contributed by atoms with Crippen LogP contribution in [0.25, 0.3) is 149 Å². The van der Waals surface area contributed by atoms with Gasteiger partial charge in [-0.15, -0.1) is 0 Å². The summed E-state index contributed by atoms with van der Waals surface area (Å²) < 4.78 is 11.7. The van der Waals surface area contributed by atoms with Crippen LogP contribution in [0.4, 0.5) is 0 Å². The van der Waals surface area contributed by atoms with Gasteiger partial charge in [-0.3, -0.25) is 9.13 Å². The molecule has 0 bridgehead atoms. The zero-order valence-electron chi connectivity index (χ0n) is 41.3. The molecule has 6 aromatic heterocycles. The number of fused-ring (bicyclic) bond motifs is 16. The third-order valence-electron chi connectivity index (χ3n) is 15.9. The molecule has 11 aromatic carbocycles. The lowest BCUT2D eigenvalue weighted by molar-refractivity contribution is 0.894. The second-order valence-electron chi connectivity index (χ2n) is 20.0. The van der Waals surface area contributed by atoms with Gasteiger partial charge in [0.15, 0.2) is 5.82 Å². The van der Waals surface area contributed by atoms with Crippen LogP contribution in [0.1, 0.15) is 0 Å². The lowest BCUT2D eigenvalue weighted by Gasteiger charge is -2.13. The quantitative estimate of drug-likeness (QED) is 0.167. The lowest BCUT2D eigenvalue weighted by atomic mass is 10.1. The van der Waals surface area contributed by atoms with Gasteiger partial charge in [-0.2, -0.15) is 15.0 Å². The highest BCUT2D eigenvalue weighted by atomic mass is 15.3. The molecule has 0 aliphatic carbocycles. The maximum absolute atomic E-state index is 5.66. The smallest absolute Gasteiger partial charge is 0.240 e. The maximum atomic E-state index is 5.66. The average Bonchev–Trinajstić information content (AvgIpc) is 4.41. The SMILES string of the molecule is c1ccc(-c2nc(-n3c4ccccc4c4cc5c(cc43)c3ccccc3n5-c3cccc(-n4c5ccccc5c5ccccc54)c3)nc(-n3c4ccccc4c4ccc5c(c6ccccc6n5-c5ccccc5)c43)n2)cc1. The van der Waals surface area contributed by atoms with Gasteiger partial charge in [0.05, 0.1) is 55.2 Å². The molecule has 6 heterocycles. The van der Waals surface area contributed by atoms with E-state index in [1.807, 2.05) is 18.2 Å². The minimum Gasteiger partial charge on any atom is -0.309 e. The van der Waals surface area contributed by atoms with E-state index in [0.717, 1.165) is 110 Å². The summed E-state index contributed by atoms with van der Waals surface area (Å²) in [5.41, 5.74) is 15.1. The fraction of sp³-hybridized carbons (Fsp3) is 0. The average molecular weight is 983 g/mol. The van der Waals surface area contributed by atoms with Crippen LogP contribution >= 0.6 is 0 Å². The molecule has 0 aliphatic rings. The summed E-state index contributed by atoms with van der Waals surface area (Å²) in [5.74, 6) is 1.66. The predicted molar refractivity (Wildman–Crippen MR) is 317 cm³/mol. The number of rotatable bonds is 6. The van der Waals surface area contributed by atoms with Gasteiger partial charge >= 0.3 is 0 Å². The van der Waals surface area contributed by atoms with Crippen LogP contribution in [-0.4, -0.2) is 37.8 Å². The van der Waals surface area contributed by atoms with Gasteiger partial charge in [-0.25, -0.2) is 0 Å². The van der Waals surface area contributed by atoms with Crippen LogP contribution in [0, 0.1) is 0 Å². The second-order valence-corrected chi connectivity index (χ2v) is 20.0. The summed E-state index contributed by atoms with van der Waals surface area (Å²) in [6.45, 7) is 0. The number of nitrogens with zero attached hydrogens (tertiary/aromatic N) is 8. The highest BCUT2D eigenvalue weighted by Gasteiger charge is 2.26. The van der Waals surface area contributed by atoms with Gasteiger partial charge in [0.25, 0.3) is 0 Å². The molecule has 358 valence electrons. The fourth-order valence-corrected chi connectivity index (χ4v) is 12.7. The Morgan fingerprint density at radius 2 is 0.610 bits per heavy atom. The van der Waals surface area contributed by atoms with Crippen molar-refractivity contribution in [2.75, 3.05) is 0 Å². The number of hydrogen-bond acceptors (Lipinski definition) is 3. The van der Waals surface area contributed by atoms with E-state index in [1.165, 1.54) is 21.8 Å². The van der Waals surface area contributed by atoms with Gasteiger partial charge in [-0.1, -0.05) is 170 Å². The van der Waals surface area contributed by atoms with E-state index in [2.05, 4.69) is 259 Å². The van der Waals surface area contributed by atoms with E-state index in [1.54, 1.807) is 0 Å². The summed E-state index contributed by atoms with van der Waals surface area (Å²) >= 11 is 0. The van der Waals surface area contributed by atoms with E-state index in [0.29, 0.717) is 17.7 Å². The molecular formula is C69H42N8. The fourth-order valence-electron chi connectivity index (χ4n) is 12.7. The van der Waals surface area contributed by atoms with Crippen molar-refractivity contribution in [1.82, 2.24) is 37.8 Å². The molecule has 0 unspecified atom stereocenters. The molecular weight excluding hydrogens is 941 g/mol. The number of hydrogen-bond donors (Lipinski definition) is 0. The van der Waals surface area contributed by atoms with Gasteiger partial charge in [0, 0.05) is 76.5 Å². The molecule has 0 aliphatic heterocycles. The van der Waals surface area contributed by atoms with Crippen molar-refractivity contribution in [1.29, 1.82) is 0 Å². The topological polar surface area (TPSA) is 63.3 Å². The Morgan fingerprint density at radius 3 is 1.18 bits per heavy atom. The minimum atomic E-state index is 0.534. The van der Waals surface area contributed by atoms with Crippen molar-refractivity contribution in [3.05, 3.63) is 255 Å². The highest BCUT2D eigenvalue weighted by Crippen LogP contribution is 2.44. The molecule has 8 heteroatoms. The van der Waals surface area contributed by atoms with Crippen molar-refractivity contribution in [2.24, 2.45) is 0 Å². The minimum absolute atomic E-state index is 0.534. The van der Waals surface area contributed by atoms with Crippen LogP contribution < -0.4 is 0 Å². The third-order valence-corrected chi connectivity index (χ3v) is 15.9. The number of benzene rings is 11. The van der Waals surface area contributed by atoms with Crippen LogP contribution in [0.2, 0.25) is 0 Å². The summed E-state index contributed by atoms with van der Waals surface area (Å²) in [4.78, 5) is 16.6. The van der Waals surface area contributed by atoms with Crippen LogP contribution in [0.3, 0.4) is 0 Å². The first-order chi connectivity index (χ1) is 38.2. The molecule has 0 N–H and O–H groups in total. The van der Waals surface area contributed by atoms with Crippen molar-refractivity contribution in [2.45, 2.75) is 0 Å². The molecule has 17 aromatic rings. The molecule has 8 nitrogen and oxygen atoms in total. The molecule has 0 radical (unpaired) electrons. The first-order valence-corrected chi connectivity index (χ1v) is 26.1. The Labute approximate surface area is 439 Å². The van der Waals surface area contributed by atoms with Crippen LogP contribution in [0.15, 0.2) is 255 Å². The van der Waals surface area contributed by atoms with Gasteiger partial charge in [0.2, 0.25) is 11.9 Å². The third kappa shape index (κ3) is 5.94. The normalized spacial score (nSPS) is 12.2. The Kier molecular flexibility index (Phi) is 8.68. The molecule has 0 fully saturated rings. The van der Waals surface area contributed by atoms with Crippen molar-refractivity contribution >= 4 is 109 Å². The summed E-state index contributed by atoms with van der Waals surface area (Å²) in [5, 5.41) is 11.5. The Hall–Kier alpha value is -10.6. The monoisotopic (exact) mass is 982 g/mol. The van der Waals surface area contributed by atoms with Gasteiger partial charge in [0.1, 0.15) is 0 Å². The molecule has 17 rings (SSSR count). The number of aromatic nitrogens is 8. The van der Waals surface area contributed by atoms with Crippen LogP contribution in [-0.2, 0) is 0 Å². The zero-order valence-corrected chi connectivity index (χ0v) is 41.3. The molecule has 0 amide bonds. The Bertz CT molecular complexity index is 5230. The lowest BCUT2D eigenvalue weighted by Crippen LogP contribution is -2.10. The first-order valence-electron chi connectivity index (χ1n) is 26.1. The van der Waals surface area contributed by atoms with Crippen molar-refractivity contribution in [3.8, 4) is 40.3 Å². The Morgan fingerprint density at radius 1 is 0.221 bits per heavy atom. The second kappa shape index (κ2) is 16.0. The highest BCUT2D eigenvalue weighted by molar-refractivity contribution is 6.26. The molecule has 0 saturated carbocycles. The van der Waals surface area contributed by atoms with Crippen molar-refractivity contribution in [3.63, 3.8) is 0 Å². The standard InChI is InChI=1S/C69H42N8/c1-3-20-43(21-4-1)67-70-68(72-69(71-67)77-60-36-17-9-28-49(60)52-38-39-62-65(66(52)77)53-31-12-18-37-61(53)73(62)44-22-5-2-6-23-44)76-59-35-16-11-30-51(59)55-41-63-54(42-64(55)76)50-29-10-15-34-58(50)75(63)46-25-19-24-45(40-46)74-56-32-13-7-26-47(56)48-27-8-14-33-57(48)74/h1-42H. The van der Waals surface area contributed by atoms with E-state index in [9.17, 15) is 0 Å². The van der Waals surface area contributed by atoms with Crippen molar-refractivity contribution < 1.29 is 0 Å². The summed E-state index contributed by atoms with van der Waals surface area (Å²) in [6.07, 6.45) is 0. The predicted octanol–water partition coefficient (Wildman–Crippen LogP) is 17.0. The summed E-state index contributed by atoms with van der Waals surface area (Å²) in [6, 6.07) is 91.4. The maximum Gasteiger partial charge on any atom is 0.240 e. The van der Waals surface area contributed by atoms with Gasteiger partial charge < -0.3 is 13.7 Å². The van der Waals surface area contributed by atoms with E-state index in [-0.39, 0.29) is 0 Å². The molecule has 77 heavy (non-hydrogen) atoms.